The molecule has 0 aliphatic rings. The minimum absolute atomic E-state index is 0.0657. The standard InChI is InChI=1S/C28H54O5/c1-3-5-7-9-11-13-14-15-17-19-21-23-25(29)26(27(30)31)28(32,33)24-22-20-18-16-12-10-8-6-4-2/h26,32-33H,3-24H2,1-2H3,(H,30,31). The molecule has 0 amide bonds. The number of aliphatic hydroxyl groups is 2. The van der Waals surface area contributed by atoms with Crippen LogP contribution in [-0.2, 0) is 9.59 Å². The summed E-state index contributed by atoms with van der Waals surface area (Å²) in [5.74, 6) is -6.18. The summed E-state index contributed by atoms with van der Waals surface area (Å²) < 4.78 is 0. The lowest BCUT2D eigenvalue weighted by Crippen LogP contribution is -2.46. The number of carboxylic acid groups (broad SMARTS) is 1. The van der Waals surface area contributed by atoms with Crippen LogP contribution >= 0.6 is 0 Å². The van der Waals surface area contributed by atoms with Gasteiger partial charge in [-0.1, -0.05) is 129 Å². The Morgan fingerprint density at radius 1 is 0.576 bits per heavy atom. The Morgan fingerprint density at radius 3 is 1.27 bits per heavy atom. The zero-order chi connectivity index (χ0) is 24.8. The number of carbonyl (C=O) groups is 2. The maximum Gasteiger partial charge on any atom is 0.319 e. The highest BCUT2D eigenvalue weighted by Crippen LogP contribution is 2.26. The Morgan fingerprint density at radius 2 is 0.909 bits per heavy atom. The highest BCUT2D eigenvalue weighted by molar-refractivity contribution is 5.99. The van der Waals surface area contributed by atoms with Crippen molar-refractivity contribution in [2.24, 2.45) is 5.92 Å². The third-order valence-corrected chi connectivity index (χ3v) is 6.71. The van der Waals surface area contributed by atoms with Gasteiger partial charge in [-0.25, -0.2) is 0 Å². The van der Waals surface area contributed by atoms with Gasteiger partial charge >= 0.3 is 5.97 Å². The molecule has 0 radical (unpaired) electrons. The van der Waals surface area contributed by atoms with Gasteiger partial charge in [0.1, 0.15) is 0 Å². The third kappa shape index (κ3) is 18.1. The number of aliphatic carboxylic acids is 1. The van der Waals surface area contributed by atoms with E-state index in [2.05, 4.69) is 13.8 Å². The number of carboxylic acids is 1. The van der Waals surface area contributed by atoms with Gasteiger partial charge in [0.2, 0.25) is 0 Å². The Balaban J connectivity index is 4.00. The average Bonchev–Trinajstić information content (AvgIpc) is 2.76. The second-order valence-corrected chi connectivity index (χ2v) is 9.98. The largest absolute Gasteiger partial charge is 0.481 e. The molecule has 0 heterocycles. The summed E-state index contributed by atoms with van der Waals surface area (Å²) in [4.78, 5) is 24.1. The van der Waals surface area contributed by atoms with Gasteiger partial charge in [-0.3, -0.25) is 9.59 Å². The maximum atomic E-state index is 12.5. The van der Waals surface area contributed by atoms with Gasteiger partial charge in [0, 0.05) is 12.8 Å². The SMILES string of the molecule is CCCCCCCCCCCCCC(=O)C(C(=O)O)C(O)(O)CCCCCCCCCCC. The quantitative estimate of drug-likeness (QED) is 0.0727. The summed E-state index contributed by atoms with van der Waals surface area (Å²) in [6, 6.07) is 0. The van der Waals surface area contributed by atoms with Crippen molar-refractivity contribution in [1.82, 2.24) is 0 Å². The first-order valence-corrected chi connectivity index (χ1v) is 14.1. The van der Waals surface area contributed by atoms with Gasteiger partial charge in [0.05, 0.1) is 0 Å². The second kappa shape index (κ2) is 21.6. The smallest absolute Gasteiger partial charge is 0.319 e. The molecule has 5 heteroatoms. The van der Waals surface area contributed by atoms with Crippen molar-refractivity contribution in [2.45, 2.75) is 161 Å². The van der Waals surface area contributed by atoms with E-state index in [4.69, 9.17) is 0 Å². The molecular weight excluding hydrogens is 416 g/mol. The summed E-state index contributed by atoms with van der Waals surface area (Å²) >= 11 is 0. The normalized spacial score (nSPS) is 12.7. The lowest BCUT2D eigenvalue weighted by atomic mass is 9.87. The zero-order valence-electron chi connectivity index (χ0n) is 21.8. The Bertz CT molecular complexity index is 475. The van der Waals surface area contributed by atoms with Crippen LogP contribution in [0.1, 0.15) is 155 Å². The van der Waals surface area contributed by atoms with E-state index in [9.17, 15) is 24.9 Å². The van der Waals surface area contributed by atoms with E-state index in [1.54, 1.807) is 0 Å². The molecule has 0 spiro atoms. The van der Waals surface area contributed by atoms with Crippen LogP contribution in [0.25, 0.3) is 0 Å². The molecule has 1 atom stereocenters. The predicted octanol–water partition coefficient (Wildman–Crippen LogP) is 7.56. The number of rotatable bonds is 25. The summed E-state index contributed by atoms with van der Waals surface area (Å²) in [5, 5.41) is 30.2. The van der Waals surface area contributed by atoms with Gasteiger partial charge in [-0.05, 0) is 12.8 Å². The molecule has 3 N–H and O–H groups in total. The minimum Gasteiger partial charge on any atom is -0.481 e. The predicted molar refractivity (Wildman–Crippen MR) is 136 cm³/mol. The molecule has 0 aliphatic carbocycles. The lowest BCUT2D eigenvalue weighted by molar-refractivity contribution is -0.212. The molecule has 5 nitrogen and oxygen atoms in total. The molecule has 0 aromatic carbocycles. The molecule has 0 aromatic heterocycles. The number of hydrogen-bond donors (Lipinski definition) is 3. The van der Waals surface area contributed by atoms with Crippen molar-refractivity contribution in [3.8, 4) is 0 Å². The summed E-state index contributed by atoms with van der Waals surface area (Å²) in [7, 11) is 0. The summed E-state index contributed by atoms with van der Waals surface area (Å²) in [5.41, 5.74) is 0. The van der Waals surface area contributed by atoms with Gasteiger partial charge in [0.15, 0.2) is 17.5 Å². The Kier molecular flexibility index (Phi) is 21.0. The van der Waals surface area contributed by atoms with Gasteiger partial charge in [-0.2, -0.15) is 0 Å². The number of ketones is 1. The number of Topliss-reactive ketones (excluding diaryl/α,β-unsaturated/α-hetero) is 1. The van der Waals surface area contributed by atoms with Crippen LogP contribution in [0.5, 0.6) is 0 Å². The molecular formula is C28H54O5. The van der Waals surface area contributed by atoms with E-state index < -0.39 is 23.5 Å². The molecule has 0 rings (SSSR count). The molecule has 196 valence electrons. The van der Waals surface area contributed by atoms with Crippen molar-refractivity contribution in [2.75, 3.05) is 0 Å². The molecule has 0 aliphatic heterocycles. The van der Waals surface area contributed by atoms with Crippen LogP contribution < -0.4 is 0 Å². The summed E-state index contributed by atoms with van der Waals surface area (Å²) in [6.07, 6.45) is 22.5. The van der Waals surface area contributed by atoms with Crippen molar-refractivity contribution in [3.05, 3.63) is 0 Å². The maximum absolute atomic E-state index is 12.5. The van der Waals surface area contributed by atoms with Crippen LogP contribution in [0, 0.1) is 5.92 Å². The first-order valence-electron chi connectivity index (χ1n) is 14.1. The van der Waals surface area contributed by atoms with E-state index in [0.29, 0.717) is 12.8 Å². The molecule has 0 bridgehead atoms. The Labute approximate surface area is 203 Å². The van der Waals surface area contributed by atoms with Crippen LogP contribution in [-0.4, -0.2) is 32.9 Å². The van der Waals surface area contributed by atoms with Crippen molar-refractivity contribution in [3.63, 3.8) is 0 Å². The van der Waals surface area contributed by atoms with Gasteiger partial charge in [-0.15, -0.1) is 0 Å². The van der Waals surface area contributed by atoms with E-state index in [-0.39, 0.29) is 12.8 Å². The highest BCUT2D eigenvalue weighted by Gasteiger charge is 2.44. The number of hydrogen-bond acceptors (Lipinski definition) is 4. The first-order chi connectivity index (χ1) is 15.9. The minimum atomic E-state index is -2.46. The molecule has 0 aromatic rings. The van der Waals surface area contributed by atoms with Crippen LogP contribution in [0.15, 0.2) is 0 Å². The van der Waals surface area contributed by atoms with E-state index in [0.717, 1.165) is 38.5 Å². The Hall–Kier alpha value is -0.940. The van der Waals surface area contributed by atoms with Gasteiger partial charge < -0.3 is 15.3 Å². The van der Waals surface area contributed by atoms with Crippen LogP contribution in [0.3, 0.4) is 0 Å². The van der Waals surface area contributed by atoms with E-state index in [1.807, 2.05) is 0 Å². The second-order valence-electron chi connectivity index (χ2n) is 9.98. The number of unbranched alkanes of at least 4 members (excludes halogenated alkanes) is 18. The molecule has 33 heavy (non-hydrogen) atoms. The van der Waals surface area contributed by atoms with Crippen molar-refractivity contribution >= 4 is 11.8 Å². The molecule has 0 saturated heterocycles. The zero-order valence-corrected chi connectivity index (χ0v) is 21.8. The fraction of sp³-hybridized carbons (Fsp3) is 0.929. The molecule has 0 fully saturated rings. The molecule has 1 unspecified atom stereocenters. The van der Waals surface area contributed by atoms with Crippen molar-refractivity contribution in [1.29, 1.82) is 0 Å². The third-order valence-electron chi connectivity index (χ3n) is 6.71. The lowest BCUT2D eigenvalue weighted by Gasteiger charge is -2.27. The van der Waals surface area contributed by atoms with E-state index >= 15 is 0 Å². The topological polar surface area (TPSA) is 94.8 Å². The fourth-order valence-electron chi connectivity index (χ4n) is 4.54. The monoisotopic (exact) mass is 470 g/mol. The van der Waals surface area contributed by atoms with Gasteiger partial charge in [0.25, 0.3) is 0 Å². The first kappa shape index (κ1) is 32.1. The summed E-state index contributed by atoms with van der Waals surface area (Å²) in [6.45, 7) is 4.42. The van der Waals surface area contributed by atoms with Crippen LogP contribution in [0.4, 0.5) is 0 Å². The molecule has 0 saturated carbocycles. The van der Waals surface area contributed by atoms with Crippen molar-refractivity contribution < 1.29 is 24.9 Å². The van der Waals surface area contributed by atoms with Crippen LogP contribution in [0.2, 0.25) is 0 Å². The average molecular weight is 471 g/mol. The highest BCUT2D eigenvalue weighted by atomic mass is 16.5. The number of carbonyl (C=O) groups excluding carboxylic acids is 1. The van der Waals surface area contributed by atoms with E-state index in [1.165, 1.54) is 77.0 Å². The fourth-order valence-corrected chi connectivity index (χ4v) is 4.54.